The SMILES string of the molecule is COCC1=C2[C@@H](CC/C(=C/c3ccc(O)cc3)c3ccccc3)OB(O)C[C@@H]2[C@@H]2C(=O)N(c3ccc(Nc4ccccc4)cc3)C(=O)[C@@H]2C1. The predicted molar refractivity (Wildman–Crippen MR) is 192 cm³/mol. The van der Waals surface area contributed by atoms with Crippen LogP contribution < -0.4 is 10.2 Å². The van der Waals surface area contributed by atoms with Gasteiger partial charge in [0.2, 0.25) is 11.8 Å². The highest BCUT2D eigenvalue weighted by atomic mass is 16.5. The summed E-state index contributed by atoms with van der Waals surface area (Å²) in [5.41, 5.74) is 7.39. The molecule has 248 valence electrons. The van der Waals surface area contributed by atoms with Crippen molar-refractivity contribution in [1.82, 2.24) is 0 Å². The molecule has 0 spiro atoms. The average molecular weight is 655 g/mol. The summed E-state index contributed by atoms with van der Waals surface area (Å²) in [6.07, 6.45) is 3.49. The van der Waals surface area contributed by atoms with Crippen LogP contribution in [0.2, 0.25) is 6.32 Å². The molecule has 4 aromatic rings. The number of amides is 2. The third-order valence-corrected chi connectivity index (χ3v) is 9.87. The molecule has 2 fully saturated rings. The van der Waals surface area contributed by atoms with E-state index in [4.69, 9.17) is 9.39 Å². The Labute approximate surface area is 286 Å². The van der Waals surface area contributed by atoms with E-state index in [1.165, 1.54) is 4.90 Å². The van der Waals surface area contributed by atoms with Crippen molar-refractivity contribution in [2.24, 2.45) is 17.8 Å². The van der Waals surface area contributed by atoms with Crippen LogP contribution in [0.15, 0.2) is 120 Å². The lowest BCUT2D eigenvalue weighted by Gasteiger charge is -2.43. The predicted octanol–water partition coefficient (Wildman–Crippen LogP) is 7.10. The number of aromatic hydroxyl groups is 1. The van der Waals surface area contributed by atoms with Crippen LogP contribution in [0.3, 0.4) is 0 Å². The van der Waals surface area contributed by atoms with Crippen LogP contribution in [0.5, 0.6) is 5.75 Å². The van der Waals surface area contributed by atoms with E-state index >= 15 is 0 Å². The second-order valence-electron chi connectivity index (χ2n) is 13.0. The summed E-state index contributed by atoms with van der Waals surface area (Å²) in [5.74, 6) is -1.71. The van der Waals surface area contributed by atoms with Crippen LogP contribution in [0, 0.1) is 17.8 Å². The Hall–Kier alpha value is -4.96. The van der Waals surface area contributed by atoms with Crippen LogP contribution >= 0.6 is 0 Å². The first-order chi connectivity index (χ1) is 23.9. The molecule has 0 radical (unpaired) electrons. The van der Waals surface area contributed by atoms with Gasteiger partial charge in [-0.15, -0.1) is 0 Å². The zero-order chi connectivity index (χ0) is 33.9. The Morgan fingerprint density at radius 3 is 2.27 bits per heavy atom. The number of fused-ring (bicyclic) bond motifs is 3. The third kappa shape index (κ3) is 6.83. The number of anilines is 3. The van der Waals surface area contributed by atoms with Gasteiger partial charge in [-0.3, -0.25) is 14.5 Å². The van der Waals surface area contributed by atoms with Crippen LogP contribution in [-0.4, -0.2) is 48.9 Å². The fourth-order valence-corrected chi connectivity index (χ4v) is 7.72. The summed E-state index contributed by atoms with van der Waals surface area (Å²) < 4.78 is 11.9. The summed E-state index contributed by atoms with van der Waals surface area (Å²) in [5, 5.41) is 24.2. The molecule has 2 aliphatic heterocycles. The van der Waals surface area contributed by atoms with Gasteiger partial charge in [-0.05, 0) is 108 Å². The maximum absolute atomic E-state index is 14.2. The zero-order valence-corrected chi connectivity index (χ0v) is 27.4. The van der Waals surface area contributed by atoms with Gasteiger partial charge in [-0.25, -0.2) is 0 Å². The van der Waals surface area contributed by atoms with Crippen molar-refractivity contribution < 1.29 is 29.1 Å². The van der Waals surface area contributed by atoms with Crippen molar-refractivity contribution in [2.45, 2.75) is 31.7 Å². The molecule has 0 saturated carbocycles. The number of methoxy groups -OCH3 is 1. The molecule has 4 aromatic carbocycles. The highest BCUT2D eigenvalue weighted by Crippen LogP contribution is 2.51. The molecule has 2 amide bonds. The fraction of sp³-hybridized carbons (Fsp3) is 0.250. The number of carbonyl (C=O) groups excluding carboxylic acids is 2. The Kier molecular flexibility index (Phi) is 9.48. The third-order valence-electron chi connectivity index (χ3n) is 9.87. The molecule has 3 N–H and O–H groups in total. The van der Waals surface area contributed by atoms with Crippen molar-refractivity contribution in [2.75, 3.05) is 23.9 Å². The molecule has 0 bridgehead atoms. The number of rotatable bonds is 10. The lowest BCUT2D eigenvalue weighted by atomic mass is 9.58. The van der Waals surface area contributed by atoms with Crippen LogP contribution in [0.1, 0.15) is 30.4 Å². The summed E-state index contributed by atoms with van der Waals surface area (Å²) >= 11 is 0. The second-order valence-corrected chi connectivity index (χ2v) is 13.0. The maximum Gasteiger partial charge on any atom is 0.455 e. The van der Waals surface area contributed by atoms with Crippen LogP contribution in [-0.2, 0) is 19.0 Å². The van der Waals surface area contributed by atoms with Crippen LogP contribution in [0.25, 0.3) is 11.6 Å². The highest BCUT2D eigenvalue weighted by molar-refractivity contribution is 6.43. The Bertz CT molecular complexity index is 1860. The zero-order valence-electron chi connectivity index (χ0n) is 27.4. The molecular formula is C40H39BN2O6. The molecule has 9 heteroatoms. The van der Waals surface area contributed by atoms with Gasteiger partial charge < -0.3 is 24.8 Å². The monoisotopic (exact) mass is 654 g/mol. The standard InChI is InChI=1S/C40H39BN2O6/c1-48-25-29-23-34-38(40(46)43(39(34)45)32-17-15-31(16-18-32)42-30-10-6-3-7-11-30)35-24-41(47)49-36(37(29)35)21-14-28(27-8-4-2-5-9-27)22-26-12-19-33(44)20-13-26/h2-13,15-20,22,34-36,38,42,44,47H,14,21,23-25H2,1H3/b28-22-/t34-,35+,36-,38-/m1/s1. The molecule has 0 aromatic heterocycles. The quantitative estimate of drug-likeness (QED) is 0.0725. The number of hydrogen-bond donors (Lipinski definition) is 3. The van der Waals surface area contributed by atoms with E-state index in [2.05, 4.69) is 23.5 Å². The average Bonchev–Trinajstić information content (AvgIpc) is 3.37. The number of para-hydroxylation sites is 1. The van der Waals surface area contributed by atoms with Crippen molar-refractivity contribution in [3.8, 4) is 5.75 Å². The van der Waals surface area contributed by atoms with Crippen molar-refractivity contribution in [3.63, 3.8) is 0 Å². The van der Waals surface area contributed by atoms with Crippen molar-refractivity contribution in [1.29, 1.82) is 0 Å². The van der Waals surface area contributed by atoms with Gasteiger partial charge in [-0.1, -0.05) is 66.7 Å². The number of carbonyl (C=O) groups is 2. The van der Waals surface area contributed by atoms with Crippen LogP contribution in [0.4, 0.5) is 17.1 Å². The molecule has 2 saturated heterocycles. The maximum atomic E-state index is 14.2. The molecule has 1 aliphatic carbocycles. The molecule has 4 atom stereocenters. The largest absolute Gasteiger partial charge is 0.508 e. The van der Waals surface area contributed by atoms with E-state index in [1.807, 2.05) is 72.8 Å². The van der Waals surface area contributed by atoms with E-state index in [9.17, 15) is 19.7 Å². The first kappa shape index (κ1) is 32.6. The number of benzene rings is 4. The molecule has 7 rings (SSSR count). The fourth-order valence-electron chi connectivity index (χ4n) is 7.72. The summed E-state index contributed by atoms with van der Waals surface area (Å²) in [7, 11) is 0.567. The summed E-state index contributed by atoms with van der Waals surface area (Å²) in [4.78, 5) is 29.5. The number of nitrogens with zero attached hydrogens (tertiary/aromatic N) is 1. The van der Waals surface area contributed by atoms with E-state index in [0.29, 0.717) is 31.6 Å². The number of hydrogen-bond acceptors (Lipinski definition) is 7. The van der Waals surface area contributed by atoms with Gasteiger partial charge in [0, 0.05) is 18.5 Å². The number of ether oxygens (including phenoxy) is 1. The number of nitrogens with one attached hydrogen (secondary N) is 1. The van der Waals surface area contributed by atoms with Gasteiger partial charge in [0.1, 0.15) is 5.75 Å². The number of phenolic OH excluding ortho intramolecular Hbond substituents is 1. The summed E-state index contributed by atoms with van der Waals surface area (Å²) in [6.45, 7) is 0.321. The number of phenols is 1. The molecule has 8 nitrogen and oxygen atoms in total. The normalized spacial score (nSPS) is 22.3. The van der Waals surface area contributed by atoms with Gasteiger partial charge in [-0.2, -0.15) is 0 Å². The van der Waals surface area contributed by atoms with Gasteiger partial charge in [0.25, 0.3) is 0 Å². The van der Waals surface area contributed by atoms with E-state index in [1.54, 1.807) is 31.4 Å². The lowest BCUT2D eigenvalue weighted by Crippen LogP contribution is -2.46. The topological polar surface area (TPSA) is 108 Å². The molecule has 3 aliphatic rings. The number of imide groups is 1. The molecule has 2 heterocycles. The molecule has 49 heavy (non-hydrogen) atoms. The first-order valence-corrected chi connectivity index (χ1v) is 16.8. The van der Waals surface area contributed by atoms with E-state index in [0.717, 1.165) is 39.2 Å². The smallest absolute Gasteiger partial charge is 0.455 e. The van der Waals surface area contributed by atoms with Crippen molar-refractivity contribution >= 4 is 47.6 Å². The minimum Gasteiger partial charge on any atom is -0.508 e. The Morgan fingerprint density at radius 2 is 1.57 bits per heavy atom. The summed E-state index contributed by atoms with van der Waals surface area (Å²) in [6, 6.07) is 34.3. The Balaban J connectivity index is 1.15. The minimum absolute atomic E-state index is 0.206. The number of allylic oxidation sites excluding steroid dienone is 1. The van der Waals surface area contributed by atoms with E-state index < -0.39 is 25.1 Å². The van der Waals surface area contributed by atoms with Crippen molar-refractivity contribution in [3.05, 3.63) is 131 Å². The molecular weight excluding hydrogens is 615 g/mol. The van der Waals surface area contributed by atoms with Gasteiger partial charge in [0.05, 0.1) is 30.2 Å². The first-order valence-electron chi connectivity index (χ1n) is 16.8. The van der Waals surface area contributed by atoms with E-state index in [-0.39, 0.29) is 29.8 Å². The van der Waals surface area contributed by atoms with Gasteiger partial charge in [0.15, 0.2) is 0 Å². The highest BCUT2D eigenvalue weighted by Gasteiger charge is 2.57. The Morgan fingerprint density at radius 1 is 0.898 bits per heavy atom. The second kappa shape index (κ2) is 14.3. The molecule has 0 unspecified atom stereocenters. The minimum atomic E-state index is -1.07. The van der Waals surface area contributed by atoms with Gasteiger partial charge >= 0.3 is 7.12 Å². The lowest BCUT2D eigenvalue weighted by molar-refractivity contribution is -0.122.